The number of hydrogen-bond donors (Lipinski definition) is 1. The molecule has 0 aromatic heterocycles. The predicted molar refractivity (Wildman–Crippen MR) is 119 cm³/mol. The van der Waals surface area contributed by atoms with E-state index in [9.17, 15) is 0 Å². The maximum absolute atomic E-state index is 6.48. The van der Waals surface area contributed by atoms with Crippen molar-refractivity contribution in [3.05, 3.63) is 83.9 Å². The minimum Gasteiger partial charge on any atom is -0.411 e. The van der Waals surface area contributed by atoms with Crippen molar-refractivity contribution in [1.29, 1.82) is 0 Å². The Morgan fingerprint density at radius 3 is 2.04 bits per heavy atom. The molecule has 0 saturated carbocycles. The first-order valence-corrected chi connectivity index (χ1v) is 12.8. The number of nitrogens with one attached hydrogen (secondary N) is 1. The van der Waals surface area contributed by atoms with Crippen molar-refractivity contribution in [3.63, 3.8) is 0 Å². The van der Waals surface area contributed by atoms with E-state index in [0.29, 0.717) is 0 Å². The van der Waals surface area contributed by atoms with E-state index in [4.69, 9.17) is 4.43 Å². The molecule has 2 rings (SSSR count). The first-order valence-electron chi connectivity index (χ1n) is 9.87. The van der Waals surface area contributed by atoms with E-state index in [1.54, 1.807) is 0 Å². The third-order valence-corrected chi connectivity index (χ3v) is 9.96. The van der Waals surface area contributed by atoms with Crippen LogP contribution in [0, 0.1) is 0 Å². The van der Waals surface area contributed by atoms with Crippen molar-refractivity contribution in [2.24, 2.45) is 0 Å². The molecular formula is C24H35NOSi. The van der Waals surface area contributed by atoms with Crippen molar-refractivity contribution in [3.8, 4) is 0 Å². The van der Waals surface area contributed by atoms with Gasteiger partial charge >= 0.3 is 0 Å². The van der Waals surface area contributed by atoms with Gasteiger partial charge in [0, 0.05) is 6.54 Å². The van der Waals surface area contributed by atoms with E-state index in [-0.39, 0.29) is 17.2 Å². The fraction of sp³-hybridized carbons (Fsp3) is 0.417. The van der Waals surface area contributed by atoms with Crippen molar-refractivity contribution < 1.29 is 4.43 Å². The van der Waals surface area contributed by atoms with Crippen LogP contribution < -0.4 is 5.32 Å². The summed E-state index contributed by atoms with van der Waals surface area (Å²) in [4.78, 5) is 0. The first kappa shape index (κ1) is 21.6. The Hall–Kier alpha value is -1.68. The van der Waals surface area contributed by atoms with Gasteiger partial charge in [0.25, 0.3) is 0 Å². The van der Waals surface area contributed by atoms with E-state index in [0.717, 1.165) is 6.54 Å². The Morgan fingerprint density at radius 1 is 0.926 bits per heavy atom. The zero-order chi connectivity index (χ0) is 19.9. The van der Waals surface area contributed by atoms with Crippen molar-refractivity contribution in [1.82, 2.24) is 5.32 Å². The van der Waals surface area contributed by atoms with E-state index >= 15 is 0 Å². The lowest BCUT2D eigenvalue weighted by Gasteiger charge is -2.38. The van der Waals surface area contributed by atoms with Crippen LogP contribution in [0.25, 0.3) is 0 Å². The Balaban J connectivity index is 2.08. The summed E-state index contributed by atoms with van der Waals surface area (Å²) in [5.41, 5.74) is 2.56. The van der Waals surface area contributed by atoms with Crippen molar-refractivity contribution in [2.45, 2.75) is 64.5 Å². The monoisotopic (exact) mass is 381 g/mol. The second-order valence-electron chi connectivity index (χ2n) is 8.72. The molecule has 0 aliphatic carbocycles. The smallest absolute Gasteiger partial charge is 0.192 e. The largest absolute Gasteiger partial charge is 0.411 e. The van der Waals surface area contributed by atoms with Gasteiger partial charge in [-0.15, -0.1) is 0 Å². The summed E-state index contributed by atoms with van der Waals surface area (Å²) in [5, 5.41) is 3.89. The summed E-state index contributed by atoms with van der Waals surface area (Å²) in [5.74, 6) is 0. The quantitative estimate of drug-likeness (QED) is 0.417. The van der Waals surface area contributed by atoms with Crippen LogP contribution in [0.2, 0.25) is 18.1 Å². The summed E-state index contributed by atoms with van der Waals surface area (Å²) >= 11 is 0. The summed E-state index contributed by atoms with van der Waals surface area (Å²) in [6.07, 6.45) is 4.56. The zero-order valence-electron chi connectivity index (χ0n) is 17.7. The lowest BCUT2D eigenvalue weighted by Crippen LogP contribution is -2.42. The highest BCUT2D eigenvalue weighted by Crippen LogP contribution is 2.37. The van der Waals surface area contributed by atoms with E-state index in [1.807, 2.05) is 0 Å². The molecule has 0 bridgehead atoms. The van der Waals surface area contributed by atoms with Crippen LogP contribution in [0.3, 0.4) is 0 Å². The van der Waals surface area contributed by atoms with Crippen LogP contribution in [-0.2, 0) is 11.0 Å². The topological polar surface area (TPSA) is 21.3 Å². The molecular weight excluding hydrogens is 346 g/mol. The van der Waals surface area contributed by atoms with Gasteiger partial charge in [-0.3, -0.25) is 0 Å². The molecule has 0 spiro atoms. The molecule has 0 fully saturated rings. The Labute approximate surface area is 166 Å². The maximum atomic E-state index is 6.48. The molecule has 3 heteroatoms. The van der Waals surface area contributed by atoms with Gasteiger partial charge in [0.2, 0.25) is 0 Å². The molecule has 0 aliphatic heterocycles. The van der Waals surface area contributed by atoms with Crippen LogP contribution in [0.1, 0.15) is 44.9 Å². The Bertz CT molecular complexity index is 704. The minimum atomic E-state index is -1.76. The van der Waals surface area contributed by atoms with Gasteiger partial charge in [0.05, 0.1) is 12.1 Å². The molecule has 0 saturated heterocycles. The van der Waals surface area contributed by atoms with Crippen LogP contribution >= 0.6 is 0 Å². The van der Waals surface area contributed by atoms with Crippen LogP contribution in [0.15, 0.2) is 72.8 Å². The standard InChI is InChI=1S/C24H35NOSi/c1-20(26-27(5,6)24(2,3)4)17-18-23(22-15-11-8-12-16-22)25-19-21-13-9-7-10-14-21/h7-18,20,23,25H,19H2,1-6H3/b18-17+/t20-,23+/m0/s1. The molecule has 2 aromatic carbocycles. The maximum Gasteiger partial charge on any atom is 0.192 e. The highest BCUT2D eigenvalue weighted by molar-refractivity contribution is 6.74. The van der Waals surface area contributed by atoms with E-state index in [2.05, 4.69) is 119 Å². The second-order valence-corrected chi connectivity index (χ2v) is 13.5. The lowest BCUT2D eigenvalue weighted by molar-refractivity contribution is 0.242. The Morgan fingerprint density at radius 2 is 1.48 bits per heavy atom. The summed E-state index contributed by atoms with van der Waals surface area (Å²) in [6.45, 7) is 14.4. The van der Waals surface area contributed by atoms with Crippen LogP contribution in [0.4, 0.5) is 0 Å². The Kier molecular flexibility index (Phi) is 7.60. The highest BCUT2D eigenvalue weighted by Gasteiger charge is 2.38. The van der Waals surface area contributed by atoms with Crippen molar-refractivity contribution in [2.75, 3.05) is 0 Å². The second kappa shape index (κ2) is 9.49. The third kappa shape index (κ3) is 6.76. The third-order valence-electron chi connectivity index (χ3n) is 5.39. The molecule has 1 N–H and O–H groups in total. The number of rotatable bonds is 8. The van der Waals surface area contributed by atoms with Gasteiger partial charge < -0.3 is 9.74 Å². The average molecular weight is 382 g/mol. The molecule has 27 heavy (non-hydrogen) atoms. The SMILES string of the molecule is C[C@@H](/C=C/[C@@H](NCc1ccccc1)c1ccccc1)O[Si](C)(C)C(C)(C)C. The molecule has 2 atom stereocenters. The van der Waals surface area contributed by atoms with Crippen LogP contribution in [-0.4, -0.2) is 14.4 Å². The summed E-state index contributed by atoms with van der Waals surface area (Å²) < 4.78 is 6.48. The molecule has 146 valence electrons. The molecule has 0 heterocycles. The molecule has 0 aliphatic rings. The van der Waals surface area contributed by atoms with Gasteiger partial charge in [-0.05, 0) is 36.2 Å². The van der Waals surface area contributed by atoms with Crippen molar-refractivity contribution >= 4 is 8.32 Å². The fourth-order valence-electron chi connectivity index (χ4n) is 2.73. The molecule has 0 amide bonds. The summed E-state index contributed by atoms with van der Waals surface area (Å²) in [6, 6.07) is 21.3. The predicted octanol–water partition coefficient (Wildman–Crippen LogP) is 6.48. The van der Waals surface area contributed by atoms with Gasteiger partial charge in [-0.2, -0.15) is 0 Å². The molecule has 2 aromatic rings. The molecule has 0 radical (unpaired) electrons. The average Bonchev–Trinajstić information content (AvgIpc) is 2.62. The van der Waals surface area contributed by atoms with Crippen LogP contribution in [0.5, 0.6) is 0 Å². The highest BCUT2D eigenvalue weighted by atomic mass is 28.4. The minimum absolute atomic E-state index is 0.107. The summed E-state index contributed by atoms with van der Waals surface area (Å²) in [7, 11) is -1.76. The first-order chi connectivity index (χ1) is 12.7. The van der Waals surface area contributed by atoms with Gasteiger partial charge in [-0.1, -0.05) is 93.6 Å². The molecule has 2 nitrogen and oxygen atoms in total. The fourth-order valence-corrected chi connectivity index (χ4v) is 4.09. The number of benzene rings is 2. The van der Waals surface area contributed by atoms with Gasteiger partial charge in [0.15, 0.2) is 8.32 Å². The zero-order valence-corrected chi connectivity index (χ0v) is 18.7. The van der Waals surface area contributed by atoms with Gasteiger partial charge in [-0.25, -0.2) is 0 Å². The normalized spacial score (nSPS) is 15.0. The lowest BCUT2D eigenvalue weighted by atomic mass is 10.1. The van der Waals surface area contributed by atoms with E-state index < -0.39 is 8.32 Å². The number of hydrogen-bond acceptors (Lipinski definition) is 2. The van der Waals surface area contributed by atoms with E-state index in [1.165, 1.54) is 11.1 Å². The van der Waals surface area contributed by atoms with Gasteiger partial charge in [0.1, 0.15) is 0 Å². The molecule has 0 unspecified atom stereocenters.